The van der Waals surface area contributed by atoms with E-state index in [4.69, 9.17) is 5.11 Å². The fourth-order valence-electron chi connectivity index (χ4n) is 1.22. The van der Waals surface area contributed by atoms with Crippen molar-refractivity contribution < 1.29 is 18.3 Å². The fraction of sp³-hybridized carbons (Fsp3) is 0. The number of carbonyl (C=O) groups is 1. The molecule has 2 heterocycles. The Morgan fingerprint density at radius 3 is 2.58 bits per heavy atom. The SMILES string of the molecule is O=C(O)c1ccc(S(=O)(=O)Nc2ccc(Br)nc2)s1. The predicted molar refractivity (Wildman–Crippen MR) is 74.0 cm³/mol. The number of nitrogens with one attached hydrogen (secondary N) is 1. The lowest BCUT2D eigenvalue weighted by Crippen LogP contribution is -2.11. The molecule has 6 nitrogen and oxygen atoms in total. The second-order valence-electron chi connectivity index (χ2n) is 3.40. The molecule has 0 saturated heterocycles. The summed E-state index contributed by atoms with van der Waals surface area (Å²) >= 11 is 3.83. The Balaban J connectivity index is 2.26. The van der Waals surface area contributed by atoms with Gasteiger partial charge in [0.05, 0.1) is 11.9 Å². The van der Waals surface area contributed by atoms with Crippen molar-refractivity contribution in [3.8, 4) is 0 Å². The molecule has 0 fully saturated rings. The normalized spacial score (nSPS) is 11.2. The van der Waals surface area contributed by atoms with Gasteiger partial charge in [0.25, 0.3) is 10.0 Å². The minimum Gasteiger partial charge on any atom is -0.477 e. The van der Waals surface area contributed by atoms with Crippen LogP contribution in [0.4, 0.5) is 5.69 Å². The van der Waals surface area contributed by atoms with Crippen LogP contribution in [0.25, 0.3) is 0 Å². The molecule has 0 aromatic carbocycles. The molecule has 0 aliphatic rings. The van der Waals surface area contributed by atoms with Crippen LogP contribution in [0.2, 0.25) is 0 Å². The highest BCUT2D eigenvalue weighted by Crippen LogP contribution is 2.24. The Bertz CT molecular complexity index is 709. The third-order valence-electron chi connectivity index (χ3n) is 2.04. The number of aromatic nitrogens is 1. The van der Waals surface area contributed by atoms with Crippen molar-refractivity contribution in [3.05, 3.63) is 39.9 Å². The van der Waals surface area contributed by atoms with Gasteiger partial charge >= 0.3 is 5.97 Å². The predicted octanol–water partition coefficient (Wildman–Crippen LogP) is 2.40. The van der Waals surface area contributed by atoms with Crippen LogP contribution < -0.4 is 4.72 Å². The molecular formula is C10H7BrN2O4S2. The van der Waals surface area contributed by atoms with E-state index in [9.17, 15) is 13.2 Å². The van der Waals surface area contributed by atoms with Gasteiger partial charge in [-0.05, 0) is 40.2 Å². The third kappa shape index (κ3) is 3.31. The zero-order valence-electron chi connectivity index (χ0n) is 9.20. The number of nitrogens with zero attached hydrogens (tertiary/aromatic N) is 1. The van der Waals surface area contributed by atoms with Crippen LogP contribution >= 0.6 is 27.3 Å². The van der Waals surface area contributed by atoms with Gasteiger partial charge < -0.3 is 5.11 Å². The summed E-state index contributed by atoms with van der Waals surface area (Å²) in [4.78, 5) is 14.6. The van der Waals surface area contributed by atoms with Gasteiger partial charge in [-0.15, -0.1) is 11.3 Å². The van der Waals surface area contributed by atoms with Crippen LogP contribution in [0.5, 0.6) is 0 Å². The third-order valence-corrected chi connectivity index (χ3v) is 5.45. The van der Waals surface area contributed by atoms with Gasteiger partial charge in [-0.2, -0.15) is 0 Å². The molecular weight excluding hydrogens is 356 g/mol. The maximum atomic E-state index is 12.0. The summed E-state index contributed by atoms with van der Waals surface area (Å²) < 4.78 is 26.8. The van der Waals surface area contributed by atoms with Gasteiger partial charge in [0, 0.05) is 0 Å². The number of hydrogen-bond donors (Lipinski definition) is 2. The molecule has 2 aromatic rings. The lowest BCUT2D eigenvalue weighted by Gasteiger charge is -2.05. The molecule has 0 radical (unpaired) electrons. The quantitative estimate of drug-likeness (QED) is 0.814. The number of thiophene rings is 1. The van der Waals surface area contributed by atoms with Crippen LogP contribution in [-0.4, -0.2) is 24.5 Å². The van der Waals surface area contributed by atoms with Crippen molar-refractivity contribution in [2.75, 3.05) is 4.72 Å². The number of carboxylic acid groups (broad SMARTS) is 1. The van der Waals surface area contributed by atoms with Crippen LogP contribution in [0.3, 0.4) is 0 Å². The van der Waals surface area contributed by atoms with Gasteiger partial charge in [-0.1, -0.05) is 0 Å². The molecule has 19 heavy (non-hydrogen) atoms. The molecule has 0 aliphatic heterocycles. The maximum absolute atomic E-state index is 12.0. The van der Waals surface area contributed by atoms with Crippen molar-refractivity contribution in [1.29, 1.82) is 0 Å². The number of carboxylic acids is 1. The molecule has 0 saturated carbocycles. The van der Waals surface area contributed by atoms with E-state index < -0.39 is 16.0 Å². The van der Waals surface area contributed by atoms with Crippen molar-refractivity contribution in [2.45, 2.75) is 4.21 Å². The summed E-state index contributed by atoms with van der Waals surface area (Å²) in [6, 6.07) is 5.64. The molecule has 2 N–H and O–H groups in total. The molecule has 0 bridgehead atoms. The number of sulfonamides is 1. The Hall–Kier alpha value is -1.45. The molecule has 100 valence electrons. The lowest BCUT2D eigenvalue weighted by atomic mass is 10.4. The summed E-state index contributed by atoms with van der Waals surface area (Å²) in [5, 5.41) is 8.76. The average Bonchev–Trinajstić information content (AvgIpc) is 2.82. The Labute approximate surface area is 121 Å². The molecule has 9 heteroatoms. The number of aromatic carboxylic acids is 1. The Morgan fingerprint density at radius 1 is 1.32 bits per heavy atom. The van der Waals surface area contributed by atoms with Crippen LogP contribution in [0, 0.1) is 0 Å². The molecule has 0 aliphatic carbocycles. The van der Waals surface area contributed by atoms with Crippen LogP contribution in [0.1, 0.15) is 9.67 Å². The summed E-state index contributed by atoms with van der Waals surface area (Å²) in [6.45, 7) is 0. The number of halogens is 1. The minimum atomic E-state index is -3.79. The van der Waals surface area contributed by atoms with Gasteiger partial charge in [0.2, 0.25) is 0 Å². The first-order valence-electron chi connectivity index (χ1n) is 4.86. The zero-order chi connectivity index (χ0) is 14.0. The largest absolute Gasteiger partial charge is 0.477 e. The molecule has 0 spiro atoms. The standard InChI is InChI=1S/C10H7BrN2O4S2/c11-8-3-1-6(5-12-8)13-19(16,17)9-4-2-7(18-9)10(14)15/h1-5,13H,(H,14,15). The summed E-state index contributed by atoms with van der Waals surface area (Å²) in [5.41, 5.74) is 0.300. The molecule has 2 rings (SSSR count). The minimum absolute atomic E-state index is 0.0330. The van der Waals surface area contributed by atoms with Crippen molar-refractivity contribution in [2.24, 2.45) is 0 Å². The van der Waals surface area contributed by atoms with E-state index in [-0.39, 0.29) is 9.09 Å². The van der Waals surface area contributed by atoms with E-state index in [0.29, 0.717) is 21.6 Å². The molecule has 2 aromatic heterocycles. The van der Waals surface area contributed by atoms with Crippen molar-refractivity contribution >= 4 is 48.9 Å². The summed E-state index contributed by atoms with van der Waals surface area (Å²) in [6.07, 6.45) is 1.35. The summed E-state index contributed by atoms with van der Waals surface area (Å²) in [7, 11) is -3.79. The number of anilines is 1. The van der Waals surface area contributed by atoms with Gasteiger partial charge in [0.15, 0.2) is 0 Å². The van der Waals surface area contributed by atoms with E-state index in [1.54, 1.807) is 12.1 Å². The smallest absolute Gasteiger partial charge is 0.345 e. The number of hydrogen-bond acceptors (Lipinski definition) is 5. The van der Waals surface area contributed by atoms with Crippen LogP contribution in [0.15, 0.2) is 39.3 Å². The number of rotatable bonds is 4. The Kier molecular flexibility index (Phi) is 3.88. The first kappa shape index (κ1) is 14.0. The average molecular weight is 363 g/mol. The lowest BCUT2D eigenvalue weighted by molar-refractivity contribution is 0.0702. The Morgan fingerprint density at radius 2 is 2.05 bits per heavy atom. The highest BCUT2D eigenvalue weighted by Gasteiger charge is 2.19. The van der Waals surface area contributed by atoms with Crippen molar-refractivity contribution in [1.82, 2.24) is 4.98 Å². The first-order valence-corrected chi connectivity index (χ1v) is 7.95. The maximum Gasteiger partial charge on any atom is 0.345 e. The highest BCUT2D eigenvalue weighted by molar-refractivity contribution is 9.10. The van der Waals surface area contributed by atoms with Gasteiger partial charge in [-0.3, -0.25) is 4.72 Å². The highest BCUT2D eigenvalue weighted by atomic mass is 79.9. The molecule has 0 amide bonds. The van der Waals surface area contributed by atoms with Gasteiger partial charge in [-0.25, -0.2) is 18.2 Å². The topological polar surface area (TPSA) is 96.4 Å². The molecule has 0 unspecified atom stereocenters. The first-order chi connectivity index (χ1) is 8.88. The van der Waals surface area contributed by atoms with E-state index in [2.05, 4.69) is 25.6 Å². The zero-order valence-corrected chi connectivity index (χ0v) is 12.4. The van der Waals surface area contributed by atoms with E-state index >= 15 is 0 Å². The second-order valence-corrected chi connectivity index (χ2v) is 7.20. The van der Waals surface area contributed by atoms with E-state index in [1.165, 1.54) is 18.3 Å². The monoisotopic (exact) mass is 362 g/mol. The summed E-state index contributed by atoms with van der Waals surface area (Å²) in [5.74, 6) is -1.16. The number of pyridine rings is 1. The molecule has 0 atom stereocenters. The second kappa shape index (κ2) is 5.27. The van der Waals surface area contributed by atoms with Crippen LogP contribution in [-0.2, 0) is 10.0 Å². The van der Waals surface area contributed by atoms with Crippen molar-refractivity contribution in [3.63, 3.8) is 0 Å². The fourth-order valence-corrected chi connectivity index (χ4v) is 3.64. The van der Waals surface area contributed by atoms with E-state index in [1.807, 2.05) is 0 Å². The van der Waals surface area contributed by atoms with E-state index in [0.717, 1.165) is 0 Å². The van der Waals surface area contributed by atoms with Gasteiger partial charge in [0.1, 0.15) is 13.7 Å².